The second-order valence-electron chi connectivity index (χ2n) is 4.97. The van der Waals surface area contributed by atoms with Gasteiger partial charge in [0.1, 0.15) is 0 Å². The van der Waals surface area contributed by atoms with Gasteiger partial charge in [0.2, 0.25) is 0 Å². The van der Waals surface area contributed by atoms with Gasteiger partial charge in [0, 0.05) is 11.9 Å². The number of hydrogen-bond acceptors (Lipinski definition) is 4. The Bertz CT molecular complexity index is 862. The number of rotatable bonds is 3. The van der Waals surface area contributed by atoms with E-state index in [0.717, 1.165) is 26.5 Å². The van der Waals surface area contributed by atoms with Crippen LogP contribution in [0.2, 0.25) is 5.02 Å². The summed E-state index contributed by atoms with van der Waals surface area (Å²) in [4.78, 5) is 12.6. The quantitative estimate of drug-likeness (QED) is 0.803. The van der Waals surface area contributed by atoms with Gasteiger partial charge >= 0.3 is 5.76 Å². The molecule has 0 aliphatic heterocycles. The molecule has 2 heterocycles. The maximum absolute atomic E-state index is 11.6. The second-order valence-corrected chi connectivity index (χ2v) is 6.26. The summed E-state index contributed by atoms with van der Waals surface area (Å²) in [6.45, 7) is 1.99. The smallest absolute Gasteiger partial charge is 0.408 e. The van der Waals surface area contributed by atoms with Crippen LogP contribution in [0.15, 0.2) is 32.8 Å². The van der Waals surface area contributed by atoms with E-state index in [1.807, 2.05) is 37.6 Å². The van der Waals surface area contributed by atoms with Gasteiger partial charge in [0.25, 0.3) is 0 Å². The third-order valence-corrected chi connectivity index (χ3v) is 5.40. The van der Waals surface area contributed by atoms with E-state index < -0.39 is 0 Å². The molecule has 3 aromatic rings. The molecule has 0 radical (unpaired) electrons. The number of hydrogen-bond donors (Lipinski definition) is 1. The Hall–Kier alpha value is -1.56. The summed E-state index contributed by atoms with van der Waals surface area (Å²) in [5, 5.41) is 6.11. The Labute approximate surface area is 131 Å². The van der Waals surface area contributed by atoms with Crippen LogP contribution in [0.3, 0.4) is 0 Å². The number of thiophene rings is 1. The van der Waals surface area contributed by atoms with Crippen LogP contribution < -0.4 is 11.1 Å². The molecule has 2 aromatic heterocycles. The van der Waals surface area contributed by atoms with Crippen LogP contribution in [0.1, 0.15) is 22.0 Å². The van der Waals surface area contributed by atoms with E-state index in [1.54, 1.807) is 18.4 Å². The van der Waals surface area contributed by atoms with E-state index >= 15 is 0 Å². The van der Waals surface area contributed by atoms with Crippen LogP contribution in [-0.4, -0.2) is 11.6 Å². The van der Waals surface area contributed by atoms with Gasteiger partial charge in [-0.3, -0.25) is 4.57 Å². The predicted molar refractivity (Wildman–Crippen MR) is 86.4 cm³/mol. The van der Waals surface area contributed by atoms with Gasteiger partial charge < -0.3 is 9.73 Å². The number of fused-ring (bicyclic) bond motifs is 1. The monoisotopic (exact) mass is 322 g/mol. The van der Waals surface area contributed by atoms with E-state index in [4.69, 9.17) is 16.0 Å². The molecule has 1 aromatic carbocycles. The van der Waals surface area contributed by atoms with Crippen LogP contribution in [0.25, 0.3) is 11.1 Å². The van der Waals surface area contributed by atoms with E-state index in [1.165, 1.54) is 4.57 Å². The van der Waals surface area contributed by atoms with Crippen molar-refractivity contribution in [3.05, 3.63) is 55.2 Å². The molecule has 0 aliphatic rings. The number of nitrogens with one attached hydrogen (secondary N) is 1. The maximum atomic E-state index is 11.6. The molecule has 0 fully saturated rings. The van der Waals surface area contributed by atoms with Crippen LogP contribution in [-0.2, 0) is 7.05 Å². The fourth-order valence-corrected chi connectivity index (χ4v) is 3.86. The lowest BCUT2D eigenvalue weighted by molar-refractivity contribution is 0.527. The molecule has 0 spiro atoms. The van der Waals surface area contributed by atoms with Crippen molar-refractivity contribution < 1.29 is 4.42 Å². The molecule has 21 heavy (non-hydrogen) atoms. The van der Waals surface area contributed by atoms with Crippen molar-refractivity contribution in [3.63, 3.8) is 0 Å². The zero-order valence-corrected chi connectivity index (χ0v) is 13.5. The van der Waals surface area contributed by atoms with E-state index in [9.17, 15) is 4.79 Å². The van der Waals surface area contributed by atoms with E-state index in [2.05, 4.69) is 5.32 Å². The molecular weight excluding hydrogens is 308 g/mol. The van der Waals surface area contributed by atoms with Gasteiger partial charge in [-0.15, -0.1) is 11.3 Å². The summed E-state index contributed by atoms with van der Waals surface area (Å²) in [6, 6.07) is 5.76. The Morgan fingerprint density at radius 1 is 1.43 bits per heavy atom. The highest BCUT2D eigenvalue weighted by molar-refractivity contribution is 7.10. The average Bonchev–Trinajstić information content (AvgIpc) is 2.94. The summed E-state index contributed by atoms with van der Waals surface area (Å²) in [6.07, 6.45) is 0. The molecule has 0 amide bonds. The van der Waals surface area contributed by atoms with Gasteiger partial charge in [-0.2, -0.15) is 0 Å². The number of nitrogens with zero attached hydrogens (tertiary/aromatic N) is 1. The Morgan fingerprint density at radius 3 is 2.81 bits per heavy atom. The van der Waals surface area contributed by atoms with Crippen molar-refractivity contribution >= 4 is 34.0 Å². The first-order valence-corrected chi connectivity index (χ1v) is 7.79. The normalized spacial score (nSPS) is 13.0. The fraction of sp³-hybridized carbons (Fsp3) is 0.267. The van der Waals surface area contributed by atoms with Crippen molar-refractivity contribution in [3.8, 4) is 0 Å². The third kappa shape index (κ3) is 2.31. The molecule has 1 atom stereocenters. The molecule has 0 aliphatic carbocycles. The largest absolute Gasteiger partial charge is 0.419 e. The van der Waals surface area contributed by atoms with Crippen molar-refractivity contribution in [2.75, 3.05) is 7.05 Å². The van der Waals surface area contributed by atoms with Gasteiger partial charge in [-0.05, 0) is 42.6 Å². The minimum absolute atomic E-state index is 0.0221. The van der Waals surface area contributed by atoms with Crippen LogP contribution in [0.4, 0.5) is 0 Å². The molecule has 1 unspecified atom stereocenters. The van der Waals surface area contributed by atoms with Gasteiger partial charge in [0.15, 0.2) is 5.58 Å². The van der Waals surface area contributed by atoms with E-state index in [0.29, 0.717) is 5.58 Å². The van der Waals surface area contributed by atoms with Crippen molar-refractivity contribution in [2.24, 2.45) is 7.05 Å². The molecule has 3 rings (SSSR count). The number of oxazole rings is 1. The van der Waals surface area contributed by atoms with Crippen LogP contribution in [0.5, 0.6) is 0 Å². The number of halogens is 1. The van der Waals surface area contributed by atoms with Gasteiger partial charge in [-0.25, -0.2) is 4.79 Å². The first kappa shape index (κ1) is 14.4. The topological polar surface area (TPSA) is 47.2 Å². The zero-order valence-electron chi connectivity index (χ0n) is 11.9. The summed E-state index contributed by atoms with van der Waals surface area (Å²) < 4.78 is 6.75. The highest BCUT2D eigenvalue weighted by Crippen LogP contribution is 2.36. The summed E-state index contributed by atoms with van der Waals surface area (Å²) in [5.41, 5.74) is 3.46. The third-order valence-electron chi connectivity index (χ3n) is 3.63. The predicted octanol–water partition coefficient (Wildman–Crippen LogP) is 3.46. The van der Waals surface area contributed by atoms with Crippen LogP contribution >= 0.6 is 22.9 Å². The summed E-state index contributed by atoms with van der Waals surface area (Å²) in [7, 11) is 3.59. The Kier molecular flexibility index (Phi) is 3.65. The lowest BCUT2D eigenvalue weighted by Gasteiger charge is -2.16. The minimum Gasteiger partial charge on any atom is -0.408 e. The fourth-order valence-electron chi connectivity index (χ4n) is 2.42. The van der Waals surface area contributed by atoms with Gasteiger partial charge in [-0.1, -0.05) is 17.7 Å². The summed E-state index contributed by atoms with van der Waals surface area (Å²) in [5.74, 6) is -0.354. The van der Waals surface area contributed by atoms with E-state index in [-0.39, 0.29) is 11.8 Å². The first-order valence-electron chi connectivity index (χ1n) is 6.53. The standard InChI is InChI=1S/C15H15ClN2O2S/c1-8-7-21-14(12(8)16)13(17-2)9-4-5-10-11(6-9)20-15(19)18(10)3/h4-7,13,17H,1-3H3. The highest BCUT2D eigenvalue weighted by Gasteiger charge is 2.19. The van der Waals surface area contributed by atoms with Crippen LogP contribution in [0, 0.1) is 6.92 Å². The summed E-state index contributed by atoms with van der Waals surface area (Å²) >= 11 is 8.00. The number of aryl methyl sites for hydroxylation is 2. The van der Waals surface area contributed by atoms with Crippen molar-refractivity contribution in [2.45, 2.75) is 13.0 Å². The SMILES string of the molecule is CNC(c1ccc2c(c1)oc(=O)n2C)c1scc(C)c1Cl. The molecule has 0 bridgehead atoms. The minimum atomic E-state index is -0.354. The average molecular weight is 323 g/mol. The molecule has 6 heteroatoms. The molecule has 1 N–H and O–H groups in total. The molecule has 110 valence electrons. The molecular formula is C15H15ClN2O2S. The Balaban J connectivity index is 2.13. The Morgan fingerprint density at radius 2 is 2.19 bits per heavy atom. The second kappa shape index (κ2) is 5.33. The first-order chi connectivity index (χ1) is 10.0. The molecule has 0 saturated carbocycles. The zero-order chi connectivity index (χ0) is 15.1. The lowest BCUT2D eigenvalue weighted by Crippen LogP contribution is -2.16. The maximum Gasteiger partial charge on any atom is 0.419 e. The highest BCUT2D eigenvalue weighted by atomic mass is 35.5. The molecule has 4 nitrogen and oxygen atoms in total. The number of aromatic nitrogens is 1. The lowest BCUT2D eigenvalue weighted by atomic mass is 10.0. The van der Waals surface area contributed by atoms with Gasteiger partial charge in [0.05, 0.1) is 16.6 Å². The van der Waals surface area contributed by atoms with Crippen molar-refractivity contribution in [1.82, 2.24) is 9.88 Å². The van der Waals surface area contributed by atoms with Crippen molar-refractivity contribution in [1.29, 1.82) is 0 Å². The number of benzene rings is 1. The molecule has 0 saturated heterocycles.